The van der Waals surface area contributed by atoms with E-state index in [0.29, 0.717) is 12.5 Å². The first-order valence-corrected chi connectivity index (χ1v) is 4.44. The standard InChI is InChI=1S/C6H16N2O.C2H2O4/c1-6(2)5-8-7-3-4-9;3-1(4)2(5)6/h6-9H,3-5H2,1-2H3;(H,3,4)(H,5,6). The van der Waals surface area contributed by atoms with Gasteiger partial charge in [0.05, 0.1) is 6.61 Å². The number of hydrogen-bond donors (Lipinski definition) is 5. The van der Waals surface area contributed by atoms with E-state index in [9.17, 15) is 0 Å². The largest absolute Gasteiger partial charge is 0.473 e. The molecule has 0 unspecified atom stereocenters. The van der Waals surface area contributed by atoms with Gasteiger partial charge in [0.2, 0.25) is 0 Å². The molecular formula is C8H18N2O5. The Morgan fingerprint density at radius 1 is 1.13 bits per heavy atom. The summed E-state index contributed by atoms with van der Waals surface area (Å²) in [4.78, 5) is 18.2. The number of carboxylic acid groups (broad SMARTS) is 2. The third-order valence-electron chi connectivity index (χ3n) is 1.06. The SMILES string of the molecule is CC(C)CNNCCO.O=C(O)C(=O)O. The van der Waals surface area contributed by atoms with Crippen LogP contribution in [0.15, 0.2) is 0 Å². The zero-order valence-electron chi connectivity index (χ0n) is 8.86. The van der Waals surface area contributed by atoms with Crippen molar-refractivity contribution in [1.29, 1.82) is 0 Å². The van der Waals surface area contributed by atoms with Crippen LogP contribution in [-0.4, -0.2) is 47.0 Å². The summed E-state index contributed by atoms with van der Waals surface area (Å²) >= 11 is 0. The monoisotopic (exact) mass is 222 g/mol. The molecule has 0 aromatic heterocycles. The van der Waals surface area contributed by atoms with Gasteiger partial charge >= 0.3 is 11.9 Å². The number of aliphatic carboxylic acids is 2. The van der Waals surface area contributed by atoms with Crippen LogP contribution in [0.3, 0.4) is 0 Å². The maximum atomic E-state index is 9.10. The predicted molar refractivity (Wildman–Crippen MR) is 53.2 cm³/mol. The Balaban J connectivity index is 0. The fourth-order valence-electron chi connectivity index (χ4n) is 0.421. The third kappa shape index (κ3) is 19.3. The molecule has 0 rings (SSSR count). The number of rotatable bonds is 5. The van der Waals surface area contributed by atoms with Crippen LogP contribution in [-0.2, 0) is 9.59 Å². The molecule has 15 heavy (non-hydrogen) atoms. The summed E-state index contributed by atoms with van der Waals surface area (Å²) in [6, 6.07) is 0. The molecule has 0 aliphatic carbocycles. The van der Waals surface area contributed by atoms with Gasteiger partial charge in [-0.25, -0.2) is 9.59 Å². The molecular weight excluding hydrogens is 204 g/mol. The van der Waals surface area contributed by atoms with Gasteiger partial charge in [-0.2, -0.15) is 0 Å². The lowest BCUT2D eigenvalue weighted by Gasteiger charge is -2.06. The topological polar surface area (TPSA) is 119 Å². The van der Waals surface area contributed by atoms with Crippen LogP contribution >= 0.6 is 0 Å². The Kier molecular flexibility index (Phi) is 11.8. The fourth-order valence-corrected chi connectivity index (χ4v) is 0.421. The molecule has 7 nitrogen and oxygen atoms in total. The minimum atomic E-state index is -1.82. The summed E-state index contributed by atoms with van der Waals surface area (Å²) < 4.78 is 0. The summed E-state index contributed by atoms with van der Waals surface area (Å²) in [7, 11) is 0. The number of carboxylic acids is 2. The molecule has 0 aromatic carbocycles. The van der Waals surface area contributed by atoms with Gasteiger partial charge in [-0.1, -0.05) is 13.8 Å². The molecule has 0 atom stereocenters. The Hall–Kier alpha value is -1.18. The molecule has 0 heterocycles. The van der Waals surface area contributed by atoms with Crippen LogP contribution in [0.5, 0.6) is 0 Å². The van der Waals surface area contributed by atoms with Crippen molar-refractivity contribution in [3.63, 3.8) is 0 Å². The normalized spacial score (nSPS) is 9.33. The summed E-state index contributed by atoms with van der Waals surface area (Å²) in [5, 5.41) is 23.1. The second-order valence-corrected chi connectivity index (χ2v) is 3.04. The first-order valence-electron chi connectivity index (χ1n) is 4.44. The summed E-state index contributed by atoms with van der Waals surface area (Å²) in [5.41, 5.74) is 5.84. The van der Waals surface area contributed by atoms with Crippen molar-refractivity contribution in [2.75, 3.05) is 19.7 Å². The number of hydrazine groups is 1. The Morgan fingerprint density at radius 3 is 1.87 bits per heavy atom. The molecule has 7 heteroatoms. The average molecular weight is 222 g/mol. The van der Waals surface area contributed by atoms with Gasteiger partial charge < -0.3 is 15.3 Å². The highest BCUT2D eigenvalue weighted by atomic mass is 16.4. The first kappa shape index (κ1) is 16.3. The number of aliphatic hydroxyl groups excluding tert-OH is 1. The van der Waals surface area contributed by atoms with Gasteiger partial charge in [-0.15, -0.1) is 0 Å². The van der Waals surface area contributed by atoms with Crippen LogP contribution < -0.4 is 10.9 Å². The van der Waals surface area contributed by atoms with E-state index in [1.807, 2.05) is 0 Å². The Bertz CT molecular complexity index is 172. The van der Waals surface area contributed by atoms with E-state index in [-0.39, 0.29) is 6.61 Å². The van der Waals surface area contributed by atoms with E-state index < -0.39 is 11.9 Å². The Morgan fingerprint density at radius 2 is 1.60 bits per heavy atom. The molecule has 0 fully saturated rings. The number of hydrogen-bond acceptors (Lipinski definition) is 5. The molecule has 0 bridgehead atoms. The van der Waals surface area contributed by atoms with Crippen molar-refractivity contribution in [2.45, 2.75) is 13.8 Å². The number of aliphatic hydroxyl groups is 1. The molecule has 0 spiro atoms. The lowest BCUT2D eigenvalue weighted by atomic mass is 10.2. The van der Waals surface area contributed by atoms with E-state index >= 15 is 0 Å². The second kappa shape index (κ2) is 10.9. The zero-order chi connectivity index (χ0) is 12.3. The van der Waals surface area contributed by atoms with Crippen molar-refractivity contribution in [3.8, 4) is 0 Å². The number of carbonyl (C=O) groups is 2. The first-order chi connectivity index (χ1) is 6.91. The molecule has 0 aromatic rings. The van der Waals surface area contributed by atoms with Crippen molar-refractivity contribution >= 4 is 11.9 Å². The van der Waals surface area contributed by atoms with E-state index in [0.717, 1.165) is 6.54 Å². The maximum absolute atomic E-state index is 9.10. The van der Waals surface area contributed by atoms with Crippen molar-refractivity contribution in [1.82, 2.24) is 10.9 Å². The molecule has 0 aliphatic rings. The zero-order valence-corrected chi connectivity index (χ0v) is 8.86. The van der Waals surface area contributed by atoms with E-state index in [1.54, 1.807) is 0 Å². The predicted octanol–water partition coefficient (Wildman–Crippen LogP) is -1.12. The molecule has 5 N–H and O–H groups in total. The molecule has 0 saturated carbocycles. The van der Waals surface area contributed by atoms with Crippen LogP contribution in [0.2, 0.25) is 0 Å². The van der Waals surface area contributed by atoms with Gasteiger partial charge in [-0.05, 0) is 5.92 Å². The molecule has 0 aliphatic heterocycles. The smallest absolute Gasteiger partial charge is 0.414 e. The molecule has 0 amide bonds. The highest BCUT2D eigenvalue weighted by Crippen LogP contribution is 1.84. The van der Waals surface area contributed by atoms with Crippen LogP contribution in [0.25, 0.3) is 0 Å². The van der Waals surface area contributed by atoms with Gasteiger partial charge in [-0.3, -0.25) is 10.9 Å². The van der Waals surface area contributed by atoms with Crippen molar-refractivity contribution in [2.24, 2.45) is 5.92 Å². The van der Waals surface area contributed by atoms with Crippen LogP contribution in [0.4, 0.5) is 0 Å². The van der Waals surface area contributed by atoms with Crippen molar-refractivity contribution in [3.05, 3.63) is 0 Å². The van der Waals surface area contributed by atoms with Gasteiger partial charge in [0.25, 0.3) is 0 Å². The summed E-state index contributed by atoms with van der Waals surface area (Å²) in [6.07, 6.45) is 0. The van der Waals surface area contributed by atoms with Gasteiger partial charge in [0.1, 0.15) is 0 Å². The molecule has 0 saturated heterocycles. The second-order valence-electron chi connectivity index (χ2n) is 3.04. The average Bonchev–Trinajstić information content (AvgIpc) is 2.13. The van der Waals surface area contributed by atoms with Gasteiger partial charge in [0, 0.05) is 13.1 Å². The minimum Gasteiger partial charge on any atom is -0.473 e. The molecule has 90 valence electrons. The maximum Gasteiger partial charge on any atom is 0.414 e. The summed E-state index contributed by atoms with van der Waals surface area (Å²) in [5.74, 6) is -3.00. The highest BCUT2D eigenvalue weighted by Gasteiger charge is 2.04. The lowest BCUT2D eigenvalue weighted by molar-refractivity contribution is -0.159. The lowest BCUT2D eigenvalue weighted by Crippen LogP contribution is -2.36. The Labute approximate surface area is 88.1 Å². The third-order valence-corrected chi connectivity index (χ3v) is 1.06. The fraction of sp³-hybridized carbons (Fsp3) is 0.750. The summed E-state index contributed by atoms with van der Waals surface area (Å²) in [6.45, 7) is 6.01. The van der Waals surface area contributed by atoms with Crippen LogP contribution in [0, 0.1) is 5.92 Å². The van der Waals surface area contributed by atoms with E-state index in [4.69, 9.17) is 24.9 Å². The van der Waals surface area contributed by atoms with Crippen molar-refractivity contribution < 1.29 is 24.9 Å². The quantitative estimate of drug-likeness (QED) is 0.227. The van der Waals surface area contributed by atoms with Gasteiger partial charge in [0.15, 0.2) is 0 Å². The highest BCUT2D eigenvalue weighted by molar-refractivity contribution is 6.27. The number of nitrogens with one attached hydrogen (secondary N) is 2. The molecule has 0 radical (unpaired) electrons. The van der Waals surface area contributed by atoms with Crippen LogP contribution in [0.1, 0.15) is 13.8 Å². The minimum absolute atomic E-state index is 0.186. The van der Waals surface area contributed by atoms with E-state index in [2.05, 4.69) is 24.7 Å². The van der Waals surface area contributed by atoms with E-state index in [1.165, 1.54) is 0 Å².